The van der Waals surface area contributed by atoms with E-state index in [1.807, 2.05) is 16.7 Å². The number of rotatable bonds is 5. The molecule has 4 heterocycles. The Hall–Kier alpha value is -2.74. The number of imidazole rings is 1. The fourth-order valence-corrected chi connectivity index (χ4v) is 3.60. The molecule has 0 aliphatic carbocycles. The molecule has 3 aromatic heterocycles. The molecular formula is C19H25N7O. The molecule has 0 saturated carbocycles. The zero-order valence-electron chi connectivity index (χ0n) is 15.8. The van der Waals surface area contributed by atoms with E-state index in [1.54, 1.807) is 12.4 Å². The minimum Gasteiger partial charge on any atom is -0.388 e. The SMILES string of the molecule is CC(C)n1c(CO)nc2cnc(Nc3ccnc(N4CCCCC4)n3)cc21. The van der Waals surface area contributed by atoms with Crippen LogP contribution in [0.2, 0.25) is 0 Å². The van der Waals surface area contributed by atoms with Crippen LogP contribution in [0.25, 0.3) is 11.0 Å². The van der Waals surface area contributed by atoms with Gasteiger partial charge in [0.15, 0.2) is 0 Å². The molecule has 1 fully saturated rings. The Kier molecular flexibility index (Phi) is 4.89. The van der Waals surface area contributed by atoms with E-state index in [4.69, 9.17) is 0 Å². The lowest BCUT2D eigenvalue weighted by molar-refractivity contribution is 0.263. The standard InChI is InChI=1S/C19H25N7O/c1-13(2)26-15-10-17(21-11-14(15)22-18(26)12-27)23-16-6-7-20-19(24-16)25-8-4-3-5-9-25/h6-7,10-11,13,27H,3-5,8-9,12H2,1-2H3,(H,20,21,23,24). The molecule has 1 saturated heterocycles. The summed E-state index contributed by atoms with van der Waals surface area (Å²) < 4.78 is 2.03. The highest BCUT2D eigenvalue weighted by atomic mass is 16.3. The van der Waals surface area contributed by atoms with Gasteiger partial charge in [-0.25, -0.2) is 15.0 Å². The Morgan fingerprint density at radius 1 is 1.11 bits per heavy atom. The largest absolute Gasteiger partial charge is 0.388 e. The van der Waals surface area contributed by atoms with Crippen LogP contribution in [0.5, 0.6) is 0 Å². The first-order valence-corrected chi connectivity index (χ1v) is 9.48. The van der Waals surface area contributed by atoms with Gasteiger partial charge in [0.1, 0.15) is 29.6 Å². The predicted molar refractivity (Wildman–Crippen MR) is 105 cm³/mol. The molecule has 0 atom stereocenters. The molecule has 27 heavy (non-hydrogen) atoms. The fourth-order valence-electron chi connectivity index (χ4n) is 3.60. The second kappa shape index (κ2) is 7.48. The van der Waals surface area contributed by atoms with E-state index < -0.39 is 0 Å². The first-order chi connectivity index (χ1) is 13.2. The van der Waals surface area contributed by atoms with Crippen molar-refractivity contribution in [2.24, 2.45) is 0 Å². The molecule has 0 amide bonds. The second-order valence-corrected chi connectivity index (χ2v) is 7.12. The Morgan fingerprint density at radius 2 is 1.93 bits per heavy atom. The van der Waals surface area contributed by atoms with Crippen molar-refractivity contribution in [1.82, 2.24) is 24.5 Å². The molecule has 1 aliphatic heterocycles. The Balaban J connectivity index is 1.62. The highest BCUT2D eigenvalue weighted by molar-refractivity contribution is 5.79. The van der Waals surface area contributed by atoms with Crippen molar-refractivity contribution in [1.29, 1.82) is 0 Å². The van der Waals surface area contributed by atoms with Crippen molar-refractivity contribution in [2.45, 2.75) is 45.8 Å². The highest BCUT2D eigenvalue weighted by Gasteiger charge is 2.15. The van der Waals surface area contributed by atoms with Gasteiger partial charge >= 0.3 is 0 Å². The molecule has 142 valence electrons. The third-order valence-corrected chi connectivity index (χ3v) is 4.84. The lowest BCUT2D eigenvalue weighted by atomic mass is 10.1. The van der Waals surface area contributed by atoms with Gasteiger partial charge in [-0.3, -0.25) is 0 Å². The van der Waals surface area contributed by atoms with Crippen LogP contribution in [0.4, 0.5) is 17.6 Å². The Bertz CT molecular complexity index is 931. The van der Waals surface area contributed by atoms with Crippen LogP contribution in [0.1, 0.15) is 45.0 Å². The number of aliphatic hydroxyl groups excluding tert-OH is 1. The van der Waals surface area contributed by atoms with Gasteiger partial charge in [0.05, 0.1) is 11.7 Å². The quantitative estimate of drug-likeness (QED) is 0.716. The number of nitrogens with zero attached hydrogens (tertiary/aromatic N) is 6. The summed E-state index contributed by atoms with van der Waals surface area (Å²) in [4.78, 5) is 20.2. The summed E-state index contributed by atoms with van der Waals surface area (Å²) >= 11 is 0. The lowest BCUT2D eigenvalue weighted by Crippen LogP contribution is -2.31. The molecule has 0 radical (unpaired) electrons. The fraction of sp³-hybridized carbons (Fsp3) is 0.474. The summed E-state index contributed by atoms with van der Waals surface area (Å²) in [5.74, 6) is 2.82. The van der Waals surface area contributed by atoms with Gasteiger partial charge in [-0.2, -0.15) is 4.98 Å². The third kappa shape index (κ3) is 3.57. The van der Waals surface area contributed by atoms with Crippen LogP contribution in [-0.4, -0.2) is 42.7 Å². The van der Waals surface area contributed by atoms with Crippen molar-refractivity contribution in [2.75, 3.05) is 23.3 Å². The van der Waals surface area contributed by atoms with Crippen LogP contribution < -0.4 is 10.2 Å². The molecule has 1 aliphatic rings. The Morgan fingerprint density at radius 3 is 2.67 bits per heavy atom. The summed E-state index contributed by atoms with van der Waals surface area (Å²) in [6.45, 7) is 6.06. The maximum Gasteiger partial charge on any atom is 0.227 e. The molecule has 8 nitrogen and oxygen atoms in total. The van der Waals surface area contributed by atoms with Crippen LogP contribution in [-0.2, 0) is 6.61 Å². The average Bonchev–Trinajstić information content (AvgIpc) is 3.07. The number of pyridine rings is 1. The van der Waals surface area contributed by atoms with E-state index in [0.717, 1.165) is 35.9 Å². The lowest BCUT2D eigenvalue weighted by Gasteiger charge is -2.26. The number of anilines is 3. The number of aromatic nitrogens is 5. The number of piperidine rings is 1. The Labute approximate surface area is 158 Å². The molecule has 3 aromatic rings. The molecular weight excluding hydrogens is 342 g/mol. The van der Waals surface area contributed by atoms with E-state index in [2.05, 4.69) is 44.0 Å². The minimum atomic E-state index is -0.0965. The molecule has 0 spiro atoms. The molecule has 8 heteroatoms. The second-order valence-electron chi connectivity index (χ2n) is 7.12. The zero-order valence-corrected chi connectivity index (χ0v) is 15.8. The van der Waals surface area contributed by atoms with Gasteiger partial charge in [-0.1, -0.05) is 0 Å². The molecule has 0 unspecified atom stereocenters. The van der Waals surface area contributed by atoms with E-state index in [1.165, 1.54) is 19.3 Å². The molecule has 0 bridgehead atoms. The maximum absolute atomic E-state index is 9.59. The number of hydrogen-bond acceptors (Lipinski definition) is 7. The van der Waals surface area contributed by atoms with Crippen molar-refractivity contribution >= 4 is 28.6 Å². The van der Waals surface area contributed by atoms with Crippen LogP contribution >= 0.6 is 0 Å². The summed E-state index contributed by atoms with van der Waals surface area (Å²) in [6, 6.07) is 3.99. The van der Waals surface area contributed by atoms with Gasteiger partial charge in [-0.15, -0.1) is 0 Å². The van der Waals surface area contributed by atoms with Crippen molar-refractivity contribution in [3.63, 3.8) is 0 Å². The maximum atomic E-state index is 9.59. The molecule has 0 aromatic carbocycles. The van der Waals surface area contributed by atoms with Crippen molar-refractivity contribution < 1.29 is 5.11 Å². The summed E-state index contributed by atoms with van der Waals surface area (Å²) in [5, 5.41) is 12.9. The predicted octanol–water partition coefficient (Wildman–Crippen LogP) is 3.03. The van der Waals surface area contributed by atoms with Crippen molar-refractivity contribution in [3.8, 4) is 0 Å². The normalized spacial score (nSPS) is 14.9. The average molecular weight is 367 g/mol. The number of fused-ring (bicyclic) bond motifs is 1. The van der Waals surface area contributed by atoms with Gasteiger partial charge in [0.2, 0.25) is 5.95 Å². The zero-order chi connectivity index (χ0) is 18.8. The van der Waals surface area contributed by atoms with E-state index >= 15 is 0 Å². The highest BCUT2D eigenvalue weighted by Crippen LogP contribution is 2.24. The summed E-state index contributed by atoms with van der Waals surface area (Å²) in [7, 11) is 0. The van der Waals surface area contributed by atoms with E-state index in [9.17, 15) is 5.11 Å². The van der Waals surface area contributed by atoms with Crippen LogP contribution in [0.15, 0.2) is 24.5 Å². The van der Waals surface area contributed by atoms with Crippen molar-refractivity contribution in [3.05, 3.63) is 30.4 Å². The van der Waals surface area contributed by atoms with Crippen LogP contribution in [0, 0.1) is 0 Å². The van der Waals surface area contributed by atoms with Gasteiger partial charge in [0, 0.05) is 31.4 Å². The summed E-state index contributed by atoms with van der Waals surface area (Å²) in [6.07, 6.45) is 7.15. The third-order valence-electron chi connectivity index (χ3n) is 4.84. The van der Waals surface area contributed by atoms with Gasteiger partial charge in [0.25, 0.3) is 0 Å². The smallest absolute Gasteiger partial charge is 0.227 e. The van der Waals surface area contributed by atoms with Gasteiger partial charge in [-0.05, 0) is 39.2 Å². The topological polar surface area (TPSA) is 92.0 Å². The minimum absolute atomic E-state index is 0.0965. The van der Waals surface area contributed by atoms with Gasteiger partial charge < -0.3 is 19.9 Å². The first-order valence-electron chi connectivity index (χ1n) is 9.48. The number of hydrogen-bond donors (Lipinski definition) is 2. The van der Waals surface area contributed by atoms with Crippen LogP contribution in [0.3, 0.4) is 0 Å². The van der Waals surface area contributed by atoms with E-state index in [-0.39, 0.29) is 12.6 Å². The molecule has 2 N–H and O–H groups in total. The number of aliphatic hydroxyl groups is 1. The monoisotopic (exact) mass is 367 g/mol. The first kappa shape index (κ1) is 17.7. The number of nitrogens with one attached hydrogen (secondary N) is 1. The molecule has 4 rings (SSSR count). The summed E-state index contributed by atoms with van der Waals surface area (Å²) in [5.41, 5.74) is 1.71. The van der Waals surface area contributed by atoms with E-state index in [0.29, 0.717) is 11.6 Å².